The Morgan fingerprint density at radius 2 is 2.31 bits per heavy atom. The summed E-state index contributed by atoms with van der Waals surface area (Å²) in [4.78, 5) is 11.7. The van der Waals surface area contributed by atoms with Crippen LogP contribution in [0.2, 0.25) is 0 Å². The number of hydrogen-bond donors (Lipinski definition) is 1. The second-order valence-corrected chi connectivity index (χ2v) is 3.44. The van der Waals surface area contributed by atoms with Crippen LogP contribution in [0, 0.1) is 0 Å². The molecular weight excluding hydrogens is 188 g/mol. The van der Waals surface area contributed by atoms with Crippen LogP contribution in [0.1, 0.15) is 0 Å². The molecule has 1 N–H and O–H groups in total. The van der Waals surface area contributed by atoms with Gasteiger partial charge < -0.3 is 4.42 Å². The van der Waals surface area contributed by atoms with Gasteiger partial charge in [0.25, 0.3) is 0 Å². The van der Waals surface area contributed by atoms with Gasteiger partial charge in [-0.2, -0.15) is 5.10 Å². The summed E-state index contributed by atoms with van der Waals surface area (Å²) in [7, 11) is 0. The first-order chi connectivity index (χ1) is 6.36. The van der Waals surface area contributed by atoms with Gasteiger partial charge in [-0.1, -0.05) is 0 Å². The molecule has 0 aromatic carbocycles. The summed E-state index contributed by atoms with van der Waals surface area (Å²) in [5.41, 5.74) is 1.04. The van der Waals surface area contributed by atoms with Crippen molar-refractivity contribution in [1.82, 2.24) is 10.2 Å². The Morgan fingerprint density at radius 1 is 1.38 bits per heavy atom. The number of thiophene rings is 1. The number of aromatic nitrogens is 2. The summed E-state index contributed by atoms with van der Waals surface area (Å²) in [6.45, 7) is 0. The molecule has 3 aromatic heterocycles. The zero-order valence-corrected chi connectivity index (χ0v) is 7.22. The number of hydrogen-bond acceptors (Lipinski definition) is 4. The SMILES string of the molecule is O=c1c2cscc2oc2[nH]ncc12. The number of nitrogens with one attached hydrogen (secondary N) is 1. The van der Waals surface area contributed by atoms with Gasteiger partial charge >= 0.3 is 0 Å². The van der Waals surface area contributed by atoms with E-state index in [0.717, 1.165) is 0 Å². The molecule has 0 aliphatic heterocycles. The fraction of sp³-hybridized carbons (Fsp3) is 0. The second-order valence-electron chi connectivity index (χ2n) is 2.69. The van der Waals surface area contributed by atoms with Gasteiger partial charge in [-0.05, 0) is 0 Å². The van der Waals surface area contributed by atoms with Gasteiger partial charge in [-0.25, -0.2) is 5.10 Å². The van der Waals surface area contributed by atoms with Crippen LogP contribution in [0.4, 0.5) is 0 Å². The quantitative estimate of drug-likeness (QED) is 0.590. The Morgan fingerprint density at radius 3 is 3.23 bits per heavy atom. The van der Waals surface area contributed by atoms with Crippen molar-refractivity contribution in [2.45, 2.75) is 0 Å². The Labute approximate surface area is 75.8 Å². The Balaban J connectivity index is 2.76. The molecule has 0 saturated heterocycles. The van der Waals surface area contributed by atoms with Crippen LogP contribution in [0.3, 0.4) is 0 Å². The molecule has 0 saturated carbocycles. The maximum atomic E-state index is 11.7. The van der Waals surface area contributed by atoms with Crippen molar-refractivity contribution in [2.75, 3.05) is 0 Å². The van der Waals surface area contributed by atoms with Gasteiger partial charge in [0, 0.05) is 10.8 Å². The van der Waals surface area contributed by atoms with Crippen LogP contribution in [-0.4, -0.2) is 10.2 Å². The molecule has 0 spiro atoms. The predicted molar refractivity (Wildman–Crippen MR) is 50.0 cm³/mol. The Hall–Kier alpha value is -1.62. The molecule has 64 valence electrons. The van der Waals surface area contributed by atoms with Crippen LogP contribution >= 0.6 is 11.3 Å². The molecular formula is C8H4N2O2S. The van der Waals surface area contributed by atoms with E-state index in [9.17, 15) is 4.79 Å². The lowest BCUT2D eigenvalue weighted by atomic mass is 10.3. The van der Waals surface area contributed by atoms with Gasteiger partial charge in [0.15, 0.2) is 5.58 Å². The first kappa shape index (κ1) is 6.85. The Bertz CT molecular complexity index is 582. The lowest BCUT2D eigenvalue weighted by molar-refractivity contribution is 0.643. The highest BCUT2D eigenvalue weighted by atomic mass is 32.1. The van der Waals surface area contributed by atoms with E-state index in [1.54, 1.807) is 10.8 Å². The van der Waals surface area contributed by atoms with Crippen molar-refractivity contribution in [3.63, 3.8) is 0 Å². The van der Waals surface area contributed by atoms with E-state index < -0.39 is 0 Å². The van der Waals surface area contributed by atoms with Crippen molar-refractivity contribution in [1.29, 1.82) is 0 Å². The summed E-state index contributed by atoms with van der Waals surface area (Å²) < 4.78 is 5.40. The van der Waals surface area contributed by atoms with Crippen LogP contribution in [0.25, 0.3) is 22.1 Å². The third kappa shape index (κ3) is 0.790. The molecule has 0 bridgehead atoms. The van der Waals surface area contributed by atoms with Gasteiger partial charge in [-0.15, -0.1) is 11.3 Å². The van der Waals surface area contributed by atoms with Crippen molar-refractivity contribution in [3.8, 4) is 0 Å². The minimum atomic E-state index is -0.0220. The van der Waals surface area contributed by atoms with Gasteiger partial charge in [0.1, 0.15) is 5.39 Å². The van der Waals surface area contributed by atoms with Crippen molar-refractivity contribution in [2.24, 2.45) is 0 Å². The summed E-state index contributed by atoms with van der Waals surface area (Å²) in [6, 6.07) is 0. The average Bonchev–Trinajstić information content (AvgIpc) is 2.71. The zero-order valence-electron chi connectivity index (χ0n) is 6.40. The molecule has 0 aliphatic rings. The lowest BCUT2D eigenvalue weighted by Crippen LogP contribution is -1.98. The molecule has 0 radical (unpaired) electrons. The van der Waals surface area contributed by atoms with E-state index in [2.05, 4.69) is 10.2 Å². The Kier molecular flexibility index (Phi) is 1.16. The summed E-state index contributed by atoms with van der Waals surface area (Å²) >= 11 is 1.45. The van der Waals surface area contributed by atoms with Crippen LogP contribution in [0.15, 0.2) is 26.2 Å². The third-order valence-electron chi connectivity index (χ3n) is 1.93. The smallest absolute Gasteiger partial charge is 0.226 e. The molecule has 3 heterocycles. The largest absolute Gasteiger partial charge is 0.437 e. The van der Waals surface area contributed by atoms with E-state index in [-0.39, 0.29) is 5.43 Å². The molecule has 3 aromatic rings. The first-order valence-corrected chi connectivity index (χ1v) is 4.62. The standard InChI is InChI=1S/C8H4N2O2S/c11-7-4-1-9-10-8(4)12-6-3-13-2-5(6)7/h1-3H,(H,9,10). The van der Waals surface area contributed by atoms with E-state index in [1.165, 1.54) is 17.5 Å². The summed E-state index contributed by atoms with van der Waals surface area (Å²) in [6.07, 6.45) is 1.48. The minimum Gasteiger partial charge on any atom is -0.437 e. The maximum absolute atomic E-state index is 11.7. The highest BCUT2D eigenvalue weighted by molar-refractivity contribution is 7.09. The van der Waals surface area contributed by atoms with Gasteiger partial charge in [-0.3, -0.25) is 4.79 Å². The first-order valence-electron chi connectivity index (χ1n) is 3.68. The molecule has 4 nitrogen and oxygen atoms in total. The molecule has 0 aliphatic carbocycles. The minimum absolute atomic E-state index is 0.0220. The van der Waals surface area contributed by atoms with Crippen molar-refractivity contribution >= 4 is 33.4 Å². The zero-order chi connectivity index (χ0) is 8.84. The van der Waals surface area contributed by atoms with Gasteiger partial charge in [0.05, 0.1) is 11.6 Å². The molecule has 13 heavy (non-hydrogen) atoms. The normalized spacial score (nSPS) is 11.4. The lowest BCUT2D eigenvalue weighted by Gasteiger charge is -1.88. The molecule has 0 unspecified atom stereocenters. The van der Waals surface area contributed by atoms with Crippen molar-refractivity contribution < 1.29 is 4.42 Å². The van der Waals surface area contributed by atoms with Crippen LogP contribution in [-0.2, 0) is 0 Å². The summed E-state index contributed by atoms with van der Waals surface area (Å²) in [5.74, 6) is 0. The highest BCUT2D eigenvalue weighted by Gasteiger charge is 2.08. The van der Waals surface area contributed by atoms with Gasteiger partial charge in [0.2, 0.25) is 11.1 Å². The van der Waals surface area contributed by atoms with E-state index in [4.69, 9.17) is 4.42 Å². The second kappa shape index (κ2) is 2.20. The number of fused-ring (bicyclic) bond motifs is 2. The molecule has 0 amide bonds. The van der Waals surface area contributed by atoms with Crippen LogP contribution < -0.4 is 5.43 Å². The maximum Gasteiger partial charge on any atom is 0.226 e. The molecule has 3 rings (SSSR count). The monoisotopic (exact) mass is 192 g/mol. The number of aromatic amines is 1. The van der Waals surface area contributed by atoms with E-state index in [0.29, 0.717) is 22.1 Å². The molecule has 5 heteroatoms. The number of nitrogens with zero attached hydrogens (tertiary/aromatic N) is 1. The molecule has 0 fully saturated rings. The fourth-order valence-electron chi connectivity index (χ4n) is 1.30. The fourth-order valence-corrected chi connectivity index (χ4v) is 2.02. The third-order valence-corrected chi connectivity index (χ3v) is 2.65. The average molecular weight is 192 g/mol. The number of rotatable bonds is 0. The topological polar surface area (TPSA) is 58.9 Å². The summed E-state index contributed by atoms with van der Waals surface area (Å²) in [5, 5.41) is 11.1. The predicted octanol–water partition coefficient (Wildman–Crippen LogP) is 1.73. The number of H-pyrrole nitrogens is 1. The van der Waals surface area contributed by atoms with Crippen LogP contribution in [0.5, 0.6) is 0 Å². The molecule has 0 atom stereocenters. The highest BCUT2D eigenvalue weighted by Crippen LogP contribution is 2.19. The van der Waals surface area contributed by atoms with E-state index in [1.807, 2.05) is 0 Å². The van der Waals surface area contributed by atoms with Crippen molar-refractivity contribution in [3.05, 3.63) is 27.2 Å². The van der Waals surface area contributed by atoms with E-state index >= 15 is 0 Å².